The molecule has 1 rings (SSSR count). The van der Waals surface area contributed by atoms with E-state index in [0.717, 1.165) is 0 Å². The van der Waals surface area contributed by atoms with Gasteiger partial charge in [-0.1, -0.05) is 0 Å². The minimum absolute atomic E-state index is 0.269. The van der Waals surface area contributed by atoms with Crippen LogP contribution in [0.2, 0.25) is 0 Å². The molecule has 2 N–H and O–H groups in total. The molecule has 1 fully saturated rings. The largest absolute Gasteiger partial charge is 0.367 e. The molecule has 2 atom stereocenters. The normalized spacial score (nSPS) is 38.6. The highest BCUT2D eigenvalue weighted by atomic mass is 16.7. The molecule has 42 valence electrons. The Hall–Kier alpha value is -0.120. The second-order valence-electron chi connectivity index (χ2n) is 1.71. The molecular weight excluding hydrogens is 94.0 g/mol. The monoisotopic (exact) mass is 103 g/mol. The molecule has 1 aliphatic rings. The zero-order valence-electron chi connectivity index (χ0n) is 4.26. The van der Waals surface area contributed by atoms with Crippen LogP contribution < -0.4 is 5.90 Å². The Morgan fingerprint density at radius 3 is 2.57 bits per heavy atom. The number of hydrogen-bond acceptors (Lipinski definition) is 3. The molecule has 0 aliphatic carbocycles. The molecule has 0 radical (unpaired) electrons. The zero-order chi connectivity index (χ0) is 5.28. The maximum atomic E-state index is 4.95. The summed E-state index contributed by atoms with van der Waals surface area (Å²) in [7, 11) is 0. The average molecular weight is 103 g/mol. The van der Waals surface area contributed by atoms with Crippen molar-refractivity contribution in [2.45, 2.75) is 19.1 Å². The van der Waals surface area contributed by atoms with Crippen molar-refractivity contribution in [2.75, 3.05) is 6.61 Å². The standard InChI is InChI=1S/C4H9NO2/c1-3-4(7-3)2-6-5/h3-4H,2,5H2,1H3. The van der Waals surface area contributed by atoms with Crippen molar-refractivity contribution < 1.29 is 9.57 Å². The van der Waals surface area contributed by atoms with Crippen LogP contribution in [-0.4, -0.2) is 18.8 Å². The van der Waals surface area contributed by atoms with E-state index in [1.807, 2.05) is 6.92 Å². The first-order valence-electron chi connectivity index (χ1n) is 2.31. The molecule has 7 heavy (non-hydrogen) atoms. The lowest BCUT2D eigenvalue weighted by Crippen LogP contribution is -2.07. The molecule has 0 aromatic heterocycles. The molecule has 0 amide bonds. The molecule has 0 saturated carbocycles. The Morgan fingerprint density at radius 1 is 1.86 bits per heavy atom. The van der Waals surface area contributed by atoms with E-state index in [4.69, 9.17) is 10.6 Å². The molecule has 0 aromatic carbocycles. The van der Waals surface area contributed by atoms with Gasteiger partial charge >= 0.3 is 0 Å². The highest BCUT2D eigenvalue weighted by molar-refractivity contribution is 4.78. The van der Waals surface area contributed by atoms with E-state index in [1.165, 1.54) is 0 Å². The van der Waals surface area contributed by atoms with Crippen LogP contribution in [0.3, 0.4) is 0 Å². The highest BCUT2D eigenvalue weighted by Crippen LogP contribution is 2.19. The number of hydrogen-bond donors (Lipinski definition) is 1. The Balaban J connectivity index is 1.98. The minimum atomic E-state index is 0.269. The van der Waals surface area contributed by atoms with Gasteiger partial charge in [0.2, 0.25) is 0 Å². The van der Waals surface area contributed by atoms with Gasteiger partial charge in [0.1, 0.15) is 6.10 Å². The van der Waals surface area contributed by atoms with Crippen LogP contribution in [-0.2, 0) is 9.57 Å². The SMILES string of the molecule is CC1OC1CON. The summed E-state index contributed by atoms with van der Waals surface area (Å²) in [5, 5.41) is 0. The van der Waals surface area contributed by atoms with Gasteiger partial charge < -0.3 is 9.57 Å². The van der Waals surface area contributed by atoms with E-state index in [2.05, 4.69) is 4.84 Å². The van der Waals surface area contributed by atoms with Crippen molar-refractivity contribution in [1.29, 1.82) is 0 Å². The summed E-state index contributed by atoms with van der Waals surface area (Å²) in [5.41, 5.74) is 0. The van der Waals surface area contributed by atoms with Crippen LogP contribution in [0.5, 0.6) is 0 Å². The first-order valence-corrected chi connectivity index (χ1v) is 2.31. The molecule has 3 nitrogen and oxygen atoms in total. The molecule has 1 saturated heterocycles. The van der Waals surface area contributed by atoms with Crippen LogP contribution >= 0.6 is 0 Å². The number of rotatable bonds is 2. The predicted molar refractivity (Wildman–Crippen MR) is 24.5 cm³/mol. The van der Waals surface area contributed by atoms with Crippen molar-refractivity contribution in [3.05, 3.63) is 0 Å². The van der Waals surface area contributed by atoms with E-state index in [1.54, 1.807) is 0 Å². The van der Waals surface area contributed by atoms with Gasteiger partial charge in [0.25, 0.3) is 0 Å². The Kier molecular flexibility index (Phi) is 1.27. The van der Waals surface area contributed by atoms with E-state index < -0.39 is 0 Å². The lowest BCUT2D eigenvalue weighted by molar-refractivity contribution is 0.119. The second-order valence-corrected chi connectivity index (χ2v) is 1.71. The van der Waals surface area contributed by atoms with Crippen molar-refractivity contribution in [3.63, 3.8) is 0 Å². The van der Waals surface area contributed by atoms with Gasteiger partial charge in [0.15, 0.2) is 0 Å². The third-order valence-electron chi connectivity index (χ3n) is 1.10. The molecule has 0 aromatic rings. The first kappa shape index (κ1) is 5.03. The van der Waals surface area contributed by atoms with Gasteiger partial charge in [-0.05, 0) is 6.92 Å². The van der Waals surface area contributed by atoms with Gasteiger partial charge in [0.05, 0.1) is 12.7 Å². The fraction of sp³-hybridized carbons (Fsp3) is 1.00. The van der Waals surface area contributed by atoms with Gasteiger partial charge in [-0.3, -0.25) is 0 Å². The summed E-state index contributed by atoms with van der Waals surface area (Å²) in [6.07, 6.45) is 0.633. The maximum absolute atomic E-state index is 4.95. The van der Waals surface area contributed by atoms with Gasteiger partial charge in [-0.2, -0.15) is 0 Å². The van der Waals surface area contributed by atoms with Crippen molar-refractivity contribution in [3.8, 4) is 0 Å². The number of epoxide rings is 1. The van der Waals surface area contributed by atoms with E-state index in [0.29, 0.717) is 12.7 Å². The van der Waals surface area contributed by atoms with Gasteiger partial charge in [-0.15, -0.1) is 0 Å². The van der Waals surface area contributed by atoms with Crippen LogP contribution in [0, 0.1) is 0 Å². The third kappa shape index (κ3) is 1.12. The lowest BCUT2D eigenvalue weighted by Gasteiger charge is -1.85. The van der Waals surface area contributed by atoms with Crippen molar-refractivity contribution in [1.82, 2.24) is 0 Å². The van der Waals surface area contributed by atoms with Gasteiger partial charge in [-0.25, -0.2) is 5.90 Å². The quantitative estimate of drug-likeness (QED) is 0.384. The molecule has 2 unspecified atom stereocenters. The molecular formula is C4H9NO2. The predicted octanol–water partition coefficient (Wildman–Crippen LogP) is -0.336. The van der Waals surface area contributed by atoms with E-state index >= 15 is 0 Å². The molecule has 0 bridgehead atoms. The summed E-state index contributed by atoms with van der Waals surface area (Å²) in [4.78, 5) is 4.31. The Morgan fingerprint density at radius 2 is 2.43 bits per heavy atom. The first-order chi connectivity index (χ1) is 3.34. The lowest BCUT2D eigenvalue weighted by atomic mass is 10.4. The van der Waals surface area contributed by atoms with Crippen molar-refractivity contribution in [2.24, 2.45) is 5.90 Å². The Bertz CT molecular complexity index is 66.7. The number of ether oxygens (including phenoxy) is 1. The summed E-state index contributed by atoms with van der Waals surface area (Å²) in [6.45, 7) is 2.52. The maximum Gasteiger partial charge on any atom is 0.109 e. The molecule has 3 heteroatoms. The van der Waals surface area contributed by atoms with Crippen LogP contribution in [0.25, 0.3) is 0 Å². The van der Waals surface area contributed by atoms with Crippen molar-refractivity contribution >= 4 is 0 Å². The molecule has 0 spiro atoms. The van der Waals surface area contributed by atoms with Crippen LogP contribution in [0.15, 0.2) is 0 Å². The van der Waals surface area contributed by atoms with Crippen LogP contribution in [0.4, 0.5) is 0 Å². The summed E-state index contributed by atoms with van der Waals surface area (Å²) >= 11 is 0. The van der Waals surface area contributed by atoms with Crippen LogP contribution in [0.1, 0.15) is 6.92 Å². The zero-order valence-corrected chi connectivity index (χ0v) is 4.26. The topological polar surface area (TPSA) is 47.8 Å². The summed E-state index contributed by atoms with van der Waals surface area (Å²) in [5.74, 6) is 4.75. The summed E-state index contributed by atoms with van der Waals surface area (Å²) in [6, 6.07) is 0. The fourth-order valence-electron chi connectivity index (χ4n) is 0.500. The Labute approximate surface area is 42.3 Å². The fourth-order valence-corrected chi connectivity index (χ4v) is 0.500. The average Bonchev–Trinajstić information content (AvgIpc) is 2.22. The van der Waals surface area contributed by atoms with E-state index in [9.17, 15) is 0 Å². The minimum Gasteiger partial charge on any atom is -0.367 e. The molecule has 1 aliphatic heterocycles. The third-order valence-corrected chi connectivity index (χ3v) is 1.10. The smallest absolute Gasteiger partial charge is 0.109 e. The number of nitrogens with two attached hydrogens (primary N) is 1. The molecule has 1 heterocycles. The second kappa shape index (κ2) is 1.78. The summed E-state index contributed by atoms with van der Waals surface area (Å²) < 4.78 is 4.95. The highest BCUT2D eigenvalue weighted by Gasteiger charge is 2.33. The van der Waals surface area contributed by atoms with E-state index in [-0.39, 0.29) is 6.10 Å². The van der Waals surface area contributed by atoms with Gasteiger partial charge in [0, 0.05) is 0 Å².